The van der Waals surface area contributed by atoms with Crippen molar-refractivity contribution in [3.05, 3.63) is 23.3 Å². The van der Waals surface area contributed by atoms with Crippen molar-refractivity contribution in [1.82, 2.24) is 0 Å². The van der Waals surface area contributed by atoms with Crippen molar-refractivity contribution in [3.63, 3.8) is 0 Å². The van der Waals surface area contributed by atoms with E-state index in [1.54, 1.807) is 0 Å². The summed E-state index contributed by atoms with van der Waals surface area (Å²) in [5, 5.41) is 7.75. The first-order valence-corrected chi connectivity index (χ1v) is 5.75. The number of hydrogen-bond acceptors (Lipinski definition) is 4. The molecule has 1 unspecified atom stereocenters. The minimum atomic E-state index is 0.0967. The molecule has 0 saturated heterocycles. The van der Waals surface area contributed by atoms with Crippen LogP contribution in [0.2, 0.25) is 0 Å². The highest BCUT2D eigenvalue weighted by Gasteiger charge is 2.23. The van der Waals surface area contributed by atoms with Gasteiger partial charge in [0.25, 0.3) is 0 Å². The number of nitrogens with one attached hydrogen (secondary N) is 1. The minimum absolute atomic E-state index is 0.0967. The predicted octanol–water partition coefficient (Wildman–Crippen LogP) is 2.38. The Labute approximate surface area is 101 Å². The summed E-state index contributed by atoms with van der Waals surface area (Å²) in [5.41, 5.74) is 1.77. The summed E-state index contributed by atoms with van der Waals surface area (Å²) in [6.07, 6.45) is 1.07. The van der Waals surface area contributed by atoms with Crippen molar-refractivity contribution in [3.8, 4) is 11.5 Å². The van der Waals surface area contributed by atoms with Crippen LogP contribution in [0.4, 0.5) is 0 Å². The van der Waals surface area contributed by atoms with Crippen molar-refractivity contribution in [2.45, 2.75) is 26.4 Å². The molecule has 0 fully saturated rings. The predicted molar refractivity (Wildman–Crippen MR) is 65.2 cm³/mol. The maximum Gasteiger partial charge on any atom is 0.216 e. The lowest BCUT2D eigenvalue weighted by Gasteiger charge is -2.12. The zero-order chi connectivity index (χ0) is 12.4. The number of fused-ring (bicyclic) bond motifs is 1. The minimum Gasteiger partial charge on any atom is -0.493 e. The molecule has 0 saturated carbocycles. The standard InChI is InChI=1S/C13H17NO3/c1-4-16-12-6-9-5-8(2)17-11(9)7-10(12)13(14)15-3/h6-8,14H,4-5H2,1-3H3. The highest BCUT2D eigenvalue weighted by Crippen LogP contribution is 2.35. The molecule has 0 radical (unpaired) electrons. The van der Waals surface area contributed by atoms with Crippen molar-refractivity contribution in [1.29, 1.82) is 5.41 Å². The number of hydrogen-bond donors (Lipinski definition) is 1. The van der Waals surface area contributed by atoms with Gasteiger partial charge in [-0.1, -0.05) is 0 Å². The average molecular weight is 235 g/mol. The van der Waals surface area contributed by atoms with Gasteiger partial charge in [-0.2, -0.15) is 0 Å². The van der Waals surface area contributed by atoms with Crippen molar-refractivity contribution >= 4 is 5.90 Å². The Morgan fingerprint density at radius 2 is 2.29 bits per heavy atom. The Kier molecular flexibility index (Phi) is 3.22. The summed E-state index contributed by atoms with van der Waals surface area (Å²) in [4.78, 5) is 0. The Morgan fingerprint density at radius 3 is 2.94 bits per heavy atom. The molecule has 1 heterocycles. The second-order valence-corrected chi connectivity index (χ2v) is 4.05. The van der Waals surface area contributed by atoms with Crippen molar-refractivity contribution < 1.29 is 14.2 Å². The zero-order valence-corrected chi connectivity index (χ0v) is 10.4. The van der Waals surface area contributed by atoms with Gasteiger partial charge in [0, 0.05) is 12.0 Å². The van der Waals surface area contributed by atoms with Gasteiger partial charge in [-0.05, 0) is 26.0 Å². The van der Waals surface area contributed by atoms with Crippen LogP contribution in [-0.2, 0) is 11.2 Å². The van der Waals surface area contributed by atoms with Crippen LogP contribution in [0, 0.1) is 5.41 Å². The molecule has 0 aromatic heterocycles. The summed E-state index contributed by atoms with van der Waals surface area (Å²) < 4.78 is 16.2. The molecule has 1 aliphatic heterocycles. The quantitative estimate of drug-likeness (QED) is 0.646. The first kappa shape index (κ1) is 11.8. The molecule has 0 spiro atoms. The van der Waals surface area contributed by atoms with E-state index in [4.69, 9.17) is 19.6 Å². The fourth-order valence-corrected chi connectivity index (χ4v) is 2.00. The van der Waals surface area contributed by atoms with Crippen molar-refractivity contribution in [2.75, 3.05) is 13.7 Å². The van der Waals surface area contributed by atoms with Crippen molar-refractivity contribution in [2.24, 2.45) is 0 Å². The monoisotopic (exact) mass is 235 g/mol. The van der Waals surface area contributed by atoms with Gasteiger partial charge in [0.05, 0.1) is 19.3 Å². The van der Waals surface area contributed by atoms with Crippen LogP contribution >= 0.6 is 0 Å². The Bertz CT molecular complexity index is 443. The molecule has 1 atom stereocenters. The molecule has 92 valence electrons. The fraction of sp³-hybridized carbons (Fsp3) is 0.462. The second kappa shape index (κ2) is 4.65. The van der Waals surface area contributed by atoms with E-state index in [1.807, 2.05) is 26.0 Å². The lowest BCUT2D eigenvalue weighted by molar-refractivity contribution is 0.254. The average Bonchev–Trinajstić information content (AvgIpc) is 2.66. The lowest BCUT2D eigenvalue weighted by Crippen LogP contribution is -2.06. The van der Waals surface area contributed by atoms with Crippen LogP contribution in [-0.4, -0.2) is 25.7 Å². The maximum atomic E-state index is 7.75. The number of ether oxygens (including phenoxy) is 3. The van der Waals surface area contributed by atoms with E-state index < -0.39 is 0 Å². The molecule has 1 N–H and O–H groups in total. The van der Waals surface area contributed by atoms with Gasteiger partial charge in [0.1, 0.15) is 17.6 Å². The zero-order valence-electron chi connectivity index (χ0n) is 10.4. The molecular weight excluding hydrogens is 218 g/mol. The van der Waals surface area contributed by atoms with Gasteiger partial charge < -0.3 is 14.2 Å². The molecular formula is C13H17NO3. The normalized spacial score (nSPS) is 17.2. The maximum absolute atomic E-state index is 7.75. The van der Waals surface area contributed by atoms with Crippen LogP contribution in [0.15, 0.2) is 12.1 Å². The van der Waals surface area contributed by atoms with E-state index in [0.29, 0.717) is 17.9 Å². The molecule has 4 heteroatoms. The molecule has 17 heavy (non-hydrogen) atoms. The topological polar surface area (TPSA) is 51.5 Å². The SMILES string of the molecule is CCOc1cc2c(cc1C(=N)OC)OC(C)C2. The smallest absolute Gasteiger partial charge is 0.216 e. The largest absolute Gasteiger partial charge is 0.493 e. The van der Waals surface area contributed by atoms with Gasteiger partial charge >= 0.3 is 0 Å². The molecule has 1 aromatic rings. The Hall–Kier alpha value is -1.71. The molecule has 0 bridgehead atoms. The summed E-state index contributed by atoms with van der Waals surface area (Å²) >= 11 is 0. The Balaban J connectivity index is 2.43. The van der Waals surface area contributed by atoms with Crippen LogP contribution in [0.1, 0.15) is 25.0 Å². The van der Waals surface area contributed by atoms with E-state index in [-0.39, 0.29) is 12.0 Å². The van der Waals surface area contributed by atoms with Crippen LogP contribution in [0.5, 0.6) is 11.5 Å². The third-order valence-electron chi connectivity index (χ3n) is 2.75. The summed E-state index contributed by atoms with van der Waals surface area (Å²) in [7, 11) is 1.48. The molecule has 0 amide bonds. The third kappa shape index (κ3) is 2.20. The molecule has 0 aliphatic carbocycles. The molecule has 4 nitrogen and oxygen atoms in total. The highest BCUT2D eigenvalue weighted by atomic mass is 16.5. The number of benzene rings is 1. The van der Waals surface area contributed by atoms with E-state index in [1.165, 1.54) is 7.11 Å². The second-order valence-electron chi connectivity index (χ2n) is 4.05. The Morgan fingerprint density at radius 1 is 1.53 bits per heavy atom. The van der Waals surface area contributed by atoms with Crippen LogP contribution in [0.3, 0.4) is 0 Å². The van der Waals surface area contributed by atoms with Gasteiger partial charge in [-0.15, -0.1) is 0 Å². The van der Waals surface area contributed by atoms with Crippen LogP contribution in [0.25, 0.3) is 0 Å². The number of methoxy groups -OCH3 is 1. The molecule has 1 aliphatic rings. The van der Waals surface area contributed by atoms with E-state index in [0.717, 1.165) is 17.7 Å². The lowest BCUT2D eigenvalue weighted by atomic mass is 10.1. The molecule has 1 aromatic carbocycles. The first-order valence-electron chi connectivity index (χ1n) is 5.75. The summed E-state index contributed by atoms with van der Waals surface area (Å²) in [6, 6.07) is 3.78. The van der Waals surface area contributed by atoms with Gasteiger partial charge in [0.15, 0.2) is 0 Å². The van der Waals surface area contributed by atoms with Gasteiger partial charge in [0.2, 0.25) is 5.90 Å². The van der Waals surface area contributed by atoms with Gasteiger partial charge in [-0.3, -0.25) is 5.41 Å². The summed E-state index contributed by atoms with van der Waals surface area (Å²) in [6.45, 7) is 4.52. The van der Waals surface area contributed by atoms with E-state index in [9.17, 15) is 0 Å². The number of rotatable bonds is 3. The third-order valence-corrected chi connectivity index (χ3v) is 2.75. The van der Waals surface area contributed by atoms with E-state index >= 15 is 0 Å². The first-order chi connectivity index (χ1) is 8.15. The fourth-order valence-electron chi connectivity index (χ4n) is 2.00. The highest BCUT2D eigenvalue weighted by molar-refractivity contribution is 5.95. The van der Waals surface area contributed by atoms with E-state index in [2.05, 4.69) is 0 Å². The molecule has 2 rings (SSSR count). The summed E-state index contributed by atoms with van der Waals surface area (Å²) in [5.74, 6) is 1.62. The van der Waals surface area contributed by atoms with Crippen LogP contribution < -0.4 is 9.47 Å². The van der Waals surface area contributed by atoms with Gasteiger partial charge in [-0.25, -0.2) is 0 Å².